The van der Waals surface area contributed by atoms with E-state index in [1.807, 2.05) is 10.8 Å². The van der Waals surface area contributed by atoms with Gasteiger partial charge in [0, 0.05) is 25.5 Å². The minimum Gasteiger partial charge on any atom is -0.364 e. The molecule has 2 atom stereocenters. The van der Waals surface area contributed by atoms with Crippen LogP contribution in [0.3, 0.4) is 0 Å². The lowest BCUT2D eigenvalue weighted by molar-refractivity contribution is 0.0995. The van der Waals surface area contributed by atoms with Crippen molar-refractivity contribution in [2.24, 2.45) is 11.7 Å². The second-order valence-corrected chi connectivity index (χ2v) is 6.02. The molecule has 3 heterocycles. The van der Waals surface area contributed by atoms with Crippen LogP contribution < -0.4 is 11.1 Å². The molecule has 3 N–H and O–H groups in total. The van der Waals surface area contributed by atoms with Gasteiger partial charge in [0.2, 0.25) is 0 Å². The van der Waals surface area contributed by atoms with E-state index in [0.717, 1.165) is 6.42 Å². The van der Waals surface area contributed by atoms with E-state index >= 15 is 0 Å². The SMILES string of the molecule is C[C@H]1CCN(C(=O)Nc2ccc(C(N)=O)nc2)C[C@H]1n1ccnc1. The standard InChI is InChI=1S/C16H20N6O2/c1-11-4-6-21(9-14(11)22-7-5-18-10-22)16(24)20-12-2-3-13(15(17)23)19-8-12/h2-3,5,7-8,10-11,14H,4,6,9H2,1H3,(H2,17,23)(H,20,24)/t11-,14+/m0/s1. The van der Waals surface area contributed by atoms with Crippen molar-refractivity contribution in [2.45, 2.75) is 19.4 Å². The number of piperidine rings is 1. The first kappa shape index (κ1) is 16.0. The molecule has 126 valence electrons. The van der Waals surface area contributed by atoms with Crippen molar-refractivity contribution in [1.82, 2.24) is 19.4 Å². The molecular weight excluding hydrogens is 308 g/mol. The minimum absolute atomic E-state index is 0.167. The Morgan fingerprint density at radius 1 is 1.38 bits per heavy atom. The summed E-state index contributed by atoms with van der Waals surface area (Å²) in [5.74, 6) is -0.124. The number of hydrogen-bond donors (Lipinski definition) is 2. The van der Waals surface area contributed by atoms with Crippen LogP contribution in [-0.2, 0) is 0 Å². The summed E-state index contributed by atoms with van der Waals surface area (Å²) in [6.45, 7) is 3.51. The van der Waals surface area contributed by atoms with Crippen LogP contribution in [-0.4, -0.2) is 44.5 Å². The van der Waals surface area contributed by atoms with E-state index in [4.69, 9.17) is 5.73 Å². The maximum absolute atomic E-state index is 12.5. The summed E-state index contributed by atoms with van der Waals surface area (Å²) in [6.07, 6.45) is 7.81. The zero-order chi connectivity index (χ0) is 17.1. The number of anilines is 1. The van der Waals surface area contributed by atoms with Gasteiger partial charge in [-0.25, -0.2) is 14.8 Å². The monoisotopic (exact) mass is 328 g/mol. The van der Waals surface area contributed by atoms with Crippen molar-refractivity contribution in [3.05, 3.63) is 42.7 Å². The van der Waals surface area contributed by atoms with Crippen LogP contribution in [0, 0.1) is 5.92 Å². The van der Waals surface area contributed by atoms with E-state index < -0.39 is 5.91 Å². The fourth-order valence-corrected chi connectivity index (χ4v) is 2.90. The molecule has 0 aliphatic carbocycles. The fraction of sp³-hybridized carbons (Fsp3) is 0.375. The van der Waals surface area contributed by atoms with Crippen LogP contribution >= 0.6 is 0 Å². The largest absolute Gasteiger partial charge is 0.364 e. The lowest BCUT2D eigenvalue weighted by atomic mass is 9.93. The van der Waals surface area contributed by atoms with Crippen molar-refractivity contribution < 1.29 is 9.59 Å². The Hall–Kier alpha value is -2.90. The molecular formula is C16H20N6O2. The molecule has 2 aromatic rings. The zero-order valence-electron chi connectivity index (χ0n) is 13.4. The van der Waals surface area contributed by atoms with Gasteiger partial charge in [0.15, 0.2) is 0 Å². The van der Waals surface area contributed by atoms with Crippen molar-refractivity contribution in [3.63, 3.8) is 0 Å². The molecule has 1 aliphatic heterocycles. The molecule has 0 spiro atoms. The number of hydrogen-bond acceptors (Lipinski definition) is 4. The van der Waals surface area contributed by atoms with Crippen molar-refractivity contribution in [3.8, 4) is 0 Å². The van der Waals surface area contributed by atoms with Gasteiger partial charge in [0.25, 0.3) is 5.91 Å². The topological polar surface area (TPSA) is 106 Å². The molecule has 8 nitrogen and oxygen atoms in total. The number of carbonyl (C=O) groups excluding carboxylic acids is 2. The van der Waals surface area contributed by atoms with Gasteiger partial charge >= 0.3 is 6.03 Å². The number of likely N-dealkylation sites (tertiary alicyclic amines) is 1. The maximum Gasteiger partial charge on any atom is 0.321 e. The Morgan fingerprint density at radius 3 is 2.83 bits per heavy atom. The highest BCUT2D eigenvalue weighted by molar-refractivity contribution is 5.92. The van der Waals surface area contributed by atoms with Crippen molar-refractivity contribution in [1.29, 1.82) is 0 Å². The summed E-state index contributed by atoms with van der Waals surface area (Å²) >= 11 is 0. The average Bonchev–Trinajstić information content (AvgIpc) is 3.10. The van der Waals surface area contributed by atoms with E-state index in [0.29, 0.717) is 24.7 Å². The normalized spacial score (nSPS) is 20.6. The summed E-state index contributed by atoms with van der Waals surface area (Å²) in [5.41, 5.74) is 5.85. The molecule has 3 amide bonds. The van der Waals surface area contributed by atoms with Gasteiger partial charge in [-0.3, -0.25) is 4.79 Å². The molecule has 1 fully saturated rings. The first-order valence-corrected chi connectivity index (χ1v) is 7.84. The van der Waals surface area contributed by atoms with E-state index in [9.17, 15) is 9.59 Å². The summed E-state index contributed by atoms with van der Waals surface area (Å²) < 4.78 is 2.05. The lowest BCUT2D eigenvalue weighted by Gasteiger charge is -2.37. The van der Waals surface area contributed by atoms with Crippen LogP contribution in [0.2, 0.25) is 0 Å². The molecule has 0 bridgehead atoms. The number of rotatable bonds is 3. The first-order chi connectivity index (χ1) is 11.5. The van der Waals surface area contributed by atoms with Crippen molar-refractivity contribution in [2.75, 3.05) is 18.4 Å². The molecule has 2 aromatic heterocycles. The number of pyridine rings is 1. The van der Waals surface area contributed by atoms with Crippen LogP contribution in [0.25, 0.3) is 0 Å². The number of nitrogens with one attached hydrogen (secondary N) is 1. The van der Waals surface area contributed by atoms with Gasteiger partial charge < -0.3 is 20.5 Å². The predicted octanol–water partition coefficient (Wildman–Crippen LogP) is 1.49. The van der Waals surface area contributed by atoms with Crippen molar-refractivity contribution >= 4 is 17.6 Å². The predicted molar refractivity (Wildman–Crippen MR) is 88.4 cm³/mol. The van der Waals surface area contributed by atoms with Gasteiger partial charge in [-0.15, -0.1) is 0 Å². The summed E-state index contributed by atoms with van der Waals surface area (Å²) in [6, 6.07) is 3.14. The smallest absolute Gasteiger partial charge is 0.321 e. The van der Waals surface area contributed by atoms with Crippen LogP contribution in [0.15, 0.2) is 37.1 Å². The van der Waals surface area contributed by atoms with E-state index in [1.54, 1.807) is 23.5 Å². The molecule has 0 radical (unpaired) electrons. The number of primary amides is 1. The number of urea groups is 1. The summed E-state index contributed by atoms with van der Waals surface area (Å²) in [7, 11) is 0. The van der Waals surface area contributed by atoms with Crippen LogP contribution in [0.1, 0.15) is 29.9 Å². The maximum atomic E-state index is 12.5. The Labute approximate surface area is 139 Å². The molecule has 1 aliphatic rings. The number of aromatic nitrogens is 3. The molecule has 1 saturated heterocycles. The molecule has 0 unspecified atom stereocenters. The second kappa shape index (κ2) is 6.69. The third kappa shape index (κ3) is 3.37. The number of nitrogens with two attached hydrogens (primary N) is 1. The highest BCUT2D eigenvalue weighted by Gasteiger charge is 2.29. The van der Waals surface area contributed by atoms with Gasteiger partial charge in [0.1, 0.15) is 5.69 Å². The number of carbonyl (C=O) groups is 2. The Bertz CT molecular complexity index is 713. The minimum atomic E-state index is -0.596. The van der Waals surface area contributed by atoms with Crippen LogP contribution in [0.4, 0.5) is 10.5 Å². The summed E-state index contributed by atoms with van der Waals surface area (Å²) in [4.78, 5) is 33.3. The number of imidazole rings is 1. The van der Waals surface area contributed by atoms with Gasteiger partial charge in [0.05, 0.1) is 24.3 Å². The fourth-order valence-electron chi connectivity index (χ4n) is 2.90. The Morgan fingerprint density at radius 2 is 2.21 bits per heavy atom. The third-order valence-corrected chi connectivity index (χ3v) is 4.38. The van der Waals surface area contributed by atoms with E-state index in [1.165, 1.54) is 12.3 Å². The number of amides is 3. The lowest BCUT2D eigenvalue weighted by Crippen LogP contribution is -2.45. The molecule has 3 rings (SSSR count). The van der Waals surface area contributed by atoms with Crippen LogP contribution in [0.5, 0.6) is 0 Å². The van der Waals surface area contributed by atoms with Gasteiger partial charge in [-0.05, 0) is 24.5 Å². The van der Waals surface area contributed by atoms with Gasteiger partial charge in [-0.2, -0.15) is 0 Å². The van der Waals surface area contributed by atoms with Gasteiger partial charge in [-0.1, -0.05) is 6.92 Å². The molecule has 8 heteroatoms. The quantitative estimate of drug-likeness (QED) is 0.890. The Balaban J connectivity index is 1.65. The van der Waals surface area contributed by atoms with E-state index in [-0.39, 0.29) is 17.8 Å². The highest BCUT2D eigenvalue weighted by Crippen LogP contribution is 2.27. The Kier molecular flexibility index (Phi) is 4.45. The number of nitrogens with zero attached hydrogens (tertiary/aromatic N) is 4. The highest BCUT2D eigenvalue weighted by atomic mass is 16.2. The second-order valence-electron chi connectivity index (χ2n) is 6.02. The average molecular weight is 328 g/mol. The van der Waals surface area contributed by atoms with E-state index in [2.05, 4.69) is 22.2 Å². The molecule has 0 saturated carbocycles. The molecule has 24 heavy (non-hydrogen) atoms. The molecule has 0 aromatic carbocycles. The third-order valence-electron chi connectivity index (χ3n) is 4.38. The summed E-state index contributed by atoms with van der Waals surface area (Å²) in [5, 5.41) is 2.81. The zero-order valence-corrected chi connectivity index (χ0v) is 13.4. The first-order valence-electron chi connectivity index (χ1n) is 7.84.